The van der Waals surface area contributed by atoms with Crippen molar-refractivity contribution >= 4 is 5.91 Å². The number of hydrogen-bond acceptors (Lipinski definition) is 4. The fourth-order valence-corrected chi connectivity index (χ4v) is 2.75. The van der Waals surface area contributed by atoms with Crippen LogP contribution >= 0.6 is 0 Å². The second kappa shape index (κ2) is 5.56. The molecule has 0 saturated heterocycles. The van der Waals surface area contributed by atoms with E-state index < -0.39 is 5.91 Å². The largest absolute Gasteiger partial charge is 0.366 e. The van der Waals surface area contributed by atoms with E-state index in [0.29, 0.717) is 22.9 Å². The molecule has 120 valence electrons. The summed E-state index contributed by atoms with van der Waals surface area (Å²) in [6, 6.07) is 11.1. The third kappa shape index (κ3) is 2.56. The van der Waals surface area contributed by atoms with Crippen LogP contribution in [0.4, 0.5) is 0 Å². The van der Waals surface area contributed by atoms with Crippen LogP contribution in [-0.2, 0) is 0 Å². The number of nitrogens with two attached hydrogens (primary N) is 1. The molecule has 1 aromatic carbocycles. The predicted octanol–water partition coefficient (Wildman–Crippen LogP) is 2.61. The Labute approximate surface area is 139 Å². The van der Waals surface area contributed by atoms with E-state index in [1.165, 1.54) is 0 Å². The van der Waals surface area contributed by atoms with Crippen molar-refractivity contribution in [3.05, 3.63) is 59.7 Å². The number of rotatable bonds is 4. The lowest BCUT2D eigenvalue weighted by Crippen LogP contribution is -2.13. The standard InChI is InChI=1S/C18H17N5O/c1-11-10-13(8-9-20-11)23-18(21-17(22-23)12-6-7-12)15-5-3-2-4-14(15)16(19)24/h2-5,8-10,12H,6-7H2,1H3,(H2,19,24). The molecule has 6 heteroatoms. The van der Waals surface area contributed by atoms with Crippen LogP contribution in [0.25, 0.3) is 17.1 Å². The second-order valence-corrected chi connectivity index (χ2v) is 6.04. The molecule has 1 aliphatic carbocycles. The maximum absolute atomic E-state index is 11.8. The van der Waals surface area contributed by atoms with E-state index in [-0.39, 0.29) is 0 Å². The molecule has 0 radical (unpaired) electrons. The molecular weight excluding hydrogens is 302 g/mol. The highest BCUT2D eigenvalue weighted by atomic mass is 16.1. The van der Waals surface area contributed by atoms with Gasteiger partial charge in [-0.15, -0.1) is 0 Å². The SMILES string of the molecule is Cc1cc(-n2nc(C3CC3)nc2-c2ccccc2C(N)=O)ccn1. The number of primary amides is 1. The zero-order valence-corrected chi connectivity index (χ0v) is 13.3. The highest BCUT2D eigenvalue weighted by Crippen LogP contribution is 2.39. The van der Waals surface area contributed by atoms with Crippen LogP contribution in [0.2, 0.25) is 0 Å². The summed E-state index contributed by atoms with van der Waals surface area (Å²) in [5, 5.41) is 4.69. The first-order valence-electron chi connectivity index (χ1n) is 7.92. The fraction of sp³-hybridized carbons (Fsp3) is 0.222. The number of nitrogens with zero attached hydrogens (tertiary/aromatic N) is 4. The van der Waals surface area contributed by atoms with Gasteiger partial charge >= 0.3 is 0 Å². The molecular formula is C18H17N5O. The summed E-state index contributed by atoms with van der Waals surface area (Å²) >= 11 is 0. The Morgan fingerprint density at radius 2 is 2.04 bits per heavy atom. The molecule has 4 rings (SSSR count). The summed E-state index contributed by atoms with van der Waals surface area (Å²) < 4.78 is 1.78. The molecule has 2 heterocycles. The molecule has 0 unspecified atom stereocenters. The van der Waals surface area contributed by atoms with E-state index in [4.69, 9.17) is 10.7 Å². The second-order valence-electron chi connectivity index (χ2n) is 6.04. The normalized spacial score (nSPS) is 13.9. The van der Waals surface area contributed by atoms with Crippen LogP contribution in [0.5, 0.6) is 0 Å². The van der Waals surface area contributed by atoms with Gasteiger partial charge in [0.25, 0.3) is 0 Å². The van der Waals surface area contributed by atoms with Crippen LogP contribution in [-0.4, -0.2) is 25.7 Å². The summed E-state index contributed by atoms with van der Waals surface area (Å²) in [6.07, 6.45) is 3.96. The first kappa shape index (κ1) is 14.6. The topological polar surface area (TPSA) is 86.7 Å². The Kier molecular flexibility index (Phi) is 3.37. The third-order valence-corrected chi connectivity index (χ3v) is 4.12. The Morgan fingerprint density at radius 3 is 2.75 bits per heavy atom. The van der Waals surface area contributed by atoms with Gasteiger partial charge in [0.1, 0.15) is 0 Å². The van der Waals surface area contributed by atoms with Crippen molar-refractivity contribution < 1.29 is 4.79 Å². The lowest BCUT2D eigenvalue weighted by molar-refractivity contribution is 0.100. The summed E-state index contributed by atoms with van der Waals surface area (Å²) in [4.78, 5) is 20.8. The molecule has 0 bridgehead atoms. The minimum absolute atomic E-state index is 0.411. The first-order valence-corrected chi connectivity index (χ1v) is 7.92. The average molecular weight is 319 g/mol. The lowest BCUT2D eigenvalue weighted by atomic mass is 10.1. The first-order chi connectivity index (χ1) is 11.6. The molecule has 3 aromatic rings. The van der Waals surface area contributed by atoms with Crippen molar-refractivity contribution in [2.24, 2.45) is 5.73 Å². The van der Waals surface area contributed by atoms with Crippen molar-refractivity contribution in [2.75, 3.05) is 0 Å². The molecule has 1 saturated carbocycles. The molecule has 2 aromatic heterocycles. The molecule has 24 heavy (non-hydrogen) atoms. The highest BCUT2D eigenvalue weighted by Gasteiger charge is 2.30. The minimum Gasteiger partial charge on any atom is -0.366 e. The smallest absolute Gasteiger partial charge is 0.249 e. The maximum Gasteiger partial charge on any atom is 0.249 e. The van der Waals surface area contributed by atoms with Crippen LogP contribution in [0.1, 0.15) is 40.6 Å². The number of benzene rings is 1. The number of carbonyl (C=O) groups is 1. The molecule has 2 N–H and O–H groups in total. The summed E-state index contributed by atoms with van der Waals surface area (Å²) in [5.41, 5.74) is 8.44. The summed E-state index contributed by atoms with van der Waals surface area (Å²) in [7, 11) is 0. The monoisotopic (exact) mass is 319 g/mol. The van der Waals surface area contributed by atoms with Gasteiger partial charge in [0, 0.05) is 23.4 Å². The van der Waals surface area contributed by atoms with Crippen molar-refractivity contribution in [1.29, 1.82) is 0 Å². The van der Waals surface area contributed by atoms with Gasteiger partial charge in [0.05, 0.1) is 11.3 Å². The van der Waals surface area contributed by atoms with Crippen LogP contribution < -0.4 is 5.73 Å². The number of hydrogen-bond donors (Lipinski definition) is 1. The molecule has 1 aliphatic rings. The Hall–Kier alpha value is -3.02. The van der Waals surface area contributed by atoms with Gasteiger partial charge in [-0.1, -0.05) is 18.2 Å². The van der Waals surface area contributed by atoms with Gasteiger partial charge in [-0.25, -0.2) is 9.67 Å². The quantitative estimate of drug-likeness (QED) is 0.801. The number of pyridine rings is 1. The van der Waals surface area contributed by atoms with Crippen LogP contribution in [0.15, 0.2) is 42.6 Å². The maximum atomic E-state index is 11.8. The van der Waals surface area contributed by atoms with E-state index in [1.54, 1.807) is 23.0 Å². The highest BCUT2D eigenvalue weighted by molar-refractivity contribution is 5.99. The predicted molar refractivity (Wildman–Crippen MR) is 89.8 cm³/mol. The van der Waals surface area contributed by atoms with E-state index in [0.717, 1.165) is 30.0 Å². The van der Waals surface area contributed by atoms with E-state index >= 15 is 0 Å². The summed E-state index contributed by atoms with van der Waals surface area (Å²) in [5.74, 6) is 1.39. The van der Waals surface area contributed by atoms with E-state index in [1.807, 2.05) is 31.2 Å². The van der Waals surface area contributed by atoms with Gasteiger partial charge in [0.15, 0.2) is 11.6 Å². The number of carbonyl (C=O) groups excluding carboxylic acids is 1. The molecule has 0 aliphatic heterocycles. The van der Waals surface area contributed by atoms with Gasteiger partial charge in [-0.05, 0) is 38.0 Å². The molecule has 1 fully saturated rings. The van der Waals surface area contributed by atoms with E-state index in [9.17, 15) is 4.79 Å². The van der Waals surface area contributed by atoms with Crippen molar-refractivity contribution in [3.8, 4) is 17.1 Å². The Bertz CT molecular complexity index is 927. The Morgan fingerprint density at radius 1 is 1.25 bits per heavy atom. The summed E-state index contributed by atoms with van der Waals surface area (Å²) in [6.45, 7) is 1.93. The van der Waals surface area contributed by atoms with Crippen LogP contribution in [0, 0.1) is 6.92 Å². The fourth-order valence-electron chi connectivity index (χ4n) is 2.75. The molecule has 0 spiro atoms. The zero-order chi connectivity index (χ0) is 16.7. The number of amides is 1. The van der Waals surface area contributed by atoms with Gasteiger partial charge in [-0.2, -0.15) is 5.10 Å². The Balaban J connectivity index is 1.93. The van der Waals surface area contributed by atoms with Crippen molar-refractivity contribution in [2.45, 2.75) is 25.7 Å². The lowest BCUT2D eigenvalue weighted by Gasteiger charge is -2.09. The zero-order valence-electron chi connectivity index (χ0n) is 13.3. The molecule has 6 nitrogen and oxygen atoms in total. The number of aryl methyl sites for hydroxylation is 1. The molecule has 1 amide bonds. The van der Waals surface area contributed by atoms with Crippen LogP contribution in [0.3, 0.4) is 0 Å². The third-order valence-electron chi connectivity index (χ3n) is 4.12. The minimum atomic E-state index is -0.473. The van der Waals surface area contributed by atoms with Crippen molar-refractivity contribution in [1.82, 2.24) is 19.7 Å². The van der Waals surface area contributed by atoms with Gasteiger partial charge < -0.3 is 5.73 Å². The van der Waals surface area contributed by atoms with E-state index in [2.05, 4.69) is 10.1 Å². The average Bonchev–Trinajstić information content (AvgIpc) is 3.33. The van der Waals surface area contributed by atoms with Crippen molar-refractivity contribution in [3.63, 3.8) is 0 Å². The van der Waals surface area contributed by atoms with Gasteiger partial charge in [0.2, 0.25) is 5.91 Å². The van der Waals surface area contributed by atoms with Gasteiger partial charge in [-0.3, -0.25) is 9.78 Å². The number of aromatic nitrogens is 4. The molecule has 0 atom stereocenters.